The highest BCUT2D eigenvalue weighted by Gasteiger charge is 2.24. The molecular formula is C10H15N3O. The molecule has 1 aromatic heterocycles. The van der Waals surface area contributed by atoms with Gasteiger partial charge in [-0.1, -0.05) is 0 Å². The molecule has 14 heavy (non-hydrogen) atoms. The van der Waals surface area contributed by atoms with Crippen molar-refractivity contribution in [2.75, 3.05) is 12.4 Å². The van der Waals surface area contributed by atoms with Crippen molar-refractivity contribution in [3.63, 3.8) is 0 Å². The molecule has 4 nitrogen and oxygen atoms in total. The first-order valence-corrected chi connectivity index (χ1v) is 4.95. The molecule has 0 amide bonds. The number of aromatic nitrogens is 2. The van der Waals surface area contributed by atoms with E-state index in [1.807, 2.05) is 12.1 Å². The monoisotopic (exact) mass is 193 g/mol. The fourth-order valence-corrected chi connectivity index (χ4v) is 1.87. The largest absolute Gasteiger partial charge is 0.381 e. The third-order valence-electron chi connectivity index (χ3n) is 2.64. The molecule has 0 bridgehead atoms. The second-order valence-corrected chi connectivity index (χ2v) is 3.62. The minimum atomic E-state index is 0.407. The van der Waals surface area contributed by atoms with Gasteiger partial charge in [-0.15, -0.1) is 5.10 Å². The number of ether oxygens (including phenoxy) is 1. The molecule has 0 spiro atoms. The number of nitrogens with zero attached hydrogens (tertiary/aromatic N) is 2. The maximum absolute atomic E-state index is 5.30. The molecule has 2 unspecified atom stereocenters. The van der Waals surface area contributed by atoms with E-state index in [2.05, 4.69) is 15.5 Å². The average molecular weight is 193 g/mol. The highest BCUT2D eigenvalue weighted by atomic mass is 16.5. The van der Waals surface area contributed by atoms with Gasteiger partial charge in [-0.3, -0.25) is 0 Å². The van der Waals surface area contributed by atoms with Crippen LogP contribution in [0.15, 0.2) is 18.3 Å². The summed E-state index contributed by atoms with van der Waals surface area (Å²) < 4.78 is 5.30. The van der Waals surface area contributed by atoms with Crippen molar-refractivity contribution >= 4 is 5.82 Å². The van der Waals surface area contributed by atoms with Gasteiger partial charge in [0.2, 0.25) is 0 Å². The summed E-state index contributed by atoms with van der Waals surface area (Å²) in [5.74, 6) is 0.856. The fourth-order valence-electron chi connectivity index (χ4n) is 1.87. The lowest BCUT2D eigenvalue weighted by molar-refractivity contribution is 0.108. The Morgan fingerprint density at radius 1 is 1.50 bits per heavy atom. The summed E-state index contributed by atoms with van der Waals surface area (Å²) in [5, 5.41) is 11.2. The Bertz CT molecular complexity index is 278. The molecule has 1 aliphatic rings. The highest BCUT2D eigenvalue weighted by molar-refractivity contribution is 5.33. The molecule has 1 N–H and O–H groups in total. The molecule has 0 aromatic carbocycles. The normalized spacial score (nSPS) is 26.4. The van der Waals surface area contributed by atoms with Crippen molar-refractivity contribution in [3.8, 4) is 0 Å². The molecular weight excluding hydrogens is 178 g/mol. The van der Waals surface area contributed by atoms with Gasteiger partial charge in [-0.05, 0) is 31.4 Å². The Labute approximate surface area is 83.7 Å². The molecule has 2 rings (SSSR count). The molecule has 4 heteroatoms. The van der Waals surface area contributed by atoms with Crippen LogP contribution in [0.2, 0.25) is 0 Å². The zero-order valence-electron chi connectivity index (χ0n) is 8.31. The third kappa shape index (κ3) is 2.20. The predicted octanol–water partition coefficient (Wildman–Crippen LogP) is 1.46. The van der Waals surface area contributed by atoms with E-state index in [-0.39, 0.29) is 0 Å². The Balaban J connectivity index is 1.88. The number of hydrogen-bond donors (Lipinski definition) is 1. The van der Waals surface area contributed by atoms with E-state index in [0.717, 1.165) is 25.1 Å². The van der Waals surface area contributed by atoms with Crippen LogP contribution in [0.4, 0.5) is 5.82 Å². The molecule has 1 fully saturated rings. The summed E-state index contributed by atoms with van der Waals surface area (Å²) in [5.41, 5.74) is 0. The van der Waals surface area contributed by atoms with Crippen molar-refractivity contribution in [2.45, 2.75) is 31.4 Å². The quantitative estimate of drug-likeness (QED) is 0.789. The van der Waals surface area contributed by atoms with E-state index in [0.29, 0.717) is 12.1 Å². The molecule has 0 aliphatic heterocycles. The van der Waals surface area contributed by atoms with Gasteiger partial charge in [0.15, 0.2) is 0 Å². The number of methoxy groups -OCH3 is 1. The number of rotatable bonds is 3. The maximum atomic E-state index is 5.30. The summed E-state index contributed by atoms with van der Waals surface area (Å²) in [4.78, 5) is 0. The molecule has 0 saturated heterocycles. The minimum Gasteiger partial charge on any atom is -0.381 e. The SMILES string of the molecule is COC1CCC(Nc2cccnn2)C1. The summed E-state index contributed by atoms with van der Waals surface area (Å²) in [6.45, 7) is 0. The van der Waals surface area contributed by atoms with Gasteiger partial charge >= 0.3 is 0 Å². The zero-order valence-corrected chi connectivity index (χ0v) is 8.31. The second kappa shape index (κ2) is 4.37. The smallest absolute Gasteiger partial charge is 0.148 e. The lowest BCUT2D eigenvalue weighted by Crippen LogP contribution is -2.18. The van der Waals surface area contributed by atoms with E-state index < -0.39 is 0 Å². The summed E-state index contributed by atoms with van der Waals surface area (Å²) >= 11 is 0. The first-order valence-electron chi connectivity index (χ1n) is 4.95. The highest BCUT2D eigenvalue weighted by Crippen LogP contribution is 2.23. The maximum Gasteiger partial charge on any atom is 0.148 e. The summed E-state index contributed by atoms with van der Waals surface area (Å²) in [6, 6.07) is 4.31. The van der Waals surface area contributed by atoms with Crippen LogP contribution < -0.4 is 5.32 Å². The van der Waals surface area contributed by atoms with Gasteiger partial charge in [0.1, 0.15) is 5.82 Å². The Kier molecular flexibility index (Phi) is 2.93. The molecule has 2 atom stereocenters. The van der Waals surface area contributed by atoms with E-state index in [9.17, 15) is 0 Å². The van der Waals surface area contributed by atoms with Crippen molar-refractivity contribution in [1.82, 2.24) is 10.2 Å². The van der Waals surface area contributed by atoms with Gasteiger partial charge in [-0.2, -0.15) is 5.10 Å². The molecule has 76 valence electrons. The predicted molar refractivity (Wildman–Crippen MR) is 54.1 cm³/mol. The van der Waals surface area contributed by atoms with E-state index in [1.165, 1.54) is 0 Å². The fraction of sp³-hybridized carbons (Fsp3) is 0.600. The van der Waals surface area contributed by atoms with Crippen molar-refractivity contribution in [3.05, 3.63) is 18.3 Å². The Morgan fingerprint density at radius 2 is 2.43 bits per heavy atom. The summed E-state index contributed by atoms with van der Waals surface area (Å²) in [7, 11) is 1.77. The van der Waals surface area contributed by atoms with Crippen LogP contribution in [0.1, 0.15) is 19.3 Å². The molecule has 0 radical (unpaired) electrons. The molecule has 1 heterocycles. The first-order chi connectivity index (χ1) is 6.88. The number of anilines is 1. The van der Waals surface area contributed by atoms with Crippen LogP contribution in [0.25, 0.3) is 0 Å². The Hall–Kier alpha value is -1.16. The van der Waals surface area contributed by atoms with Gasteiger partial charge in [0.25, 0.3) is 0 Å². The number of nitrogens with one attached hydrogen (secondary N) is 1. The average Bonchev–Trinajstić information content (AvgIpc) is 2.67. The van der Waals surface area contributed by atoms with Gasteiger partial charge in [0, 0.05) is 19.3 Å². The third-order valence-corrected chi connectivity index (χ3v) is 2.64. The van der Waals surface area contributed by atoms with Gasteiger partial charge in [0.05, 0.1) is 6.10 Å². The van der Waals surface area contributed by atoms with Gasteiger partial charge < -0.3 is 10.1 Å². The first kappa shape index (κ1) is 9.40. The van der Waals surface area contributed by atoms with Crippen molar-refractivity contribution in [1.29, 1.82) is 0 Å². The van der Waals surface area contributed by atoms with Crippen molar-refractivity contribution < 1.29 is 4.74 Å². The molecule has 1 aromatic rings. The lowest BCUT2D eigenvalue weighted by Gasteiger charge is -2.12. The van der Waals surface area contributed by atoms with E-state index in [1.54, 1.807) is 13.3 Å². The zero-order chi connectivity index (χ0) is 9.80. The van der Waals surface area contributed by atoms with E-state index in [4.69, 9.17) is 4.74 Å². The second-order valence-electron chi connectivity index (χ2n) is 3.62. The van der Waals surface area contributed by atoms with Crippen LogP contribution in [-0.2, 0) is 4.74 Å². The minimum absolute atomic E-state index is 0.407. The molecule has 1 aliphatic carbocycles. The summed E-state index contributed by atoms with van der Waals surface area (Å²) in [6.07, 6.45) is 5.43. The van der Waals surface area contributed by atoms with Crippen LogP contribution in [0.5, 0.6) is 0 Å². The van der Waals surface area contributed by atoms with Crippen LogP contribution in [0, 0.1) is 0 Å². The molecule has 1 saturated carbocycles. The Morgan fingerprint density at radius 3 is 3.07 bits per heavy atom. The van der Waals surface area contributed by atoms with E-state index >= 15 is 0 Å². The lowest BCUT2D eigenvalue weighted by atomic mass is 10.2. The topological polar surface area (TPSA) is 47.0 Å². The van der Waals surface area contributed by atoms with Crippen LogP contribution in [0.3, 0.4) is 0 Å². The standard InChI is InChI=1S/C10H15N3O/c1-14-9-5-4-8(7-9)12-10-3-2-6-11-13-10/h2-3,6,8-9H,4-5,7H2,1H3,(H,12,13). The number of hydrogen-bond acceptors (Lipinski definition) is 4. The van der Waals surface area contributed by atoms with Crippen LogP contribution in [-0.4, -0.2) is 29.5 Å². The van der Waals surface area contributed by atoms with Crippen LogP contribution >= 0.6 is 0 Å². The van der Waals surface area contributed by atoms with Gasteiger partial charge in [-0.25, -0.2) is 0 Å². The van der Waals surface area contributed by atoms with Crippen molar-refractivity contribution in [2.24, 2.45) is 0 Å².